The molecule has 3 N–H and O–H groups in total. The second-order valence-electron chi connectivity index (χ2n) is 20.4. The quantitative estimate of drug-likeness (QED) is 0.0321. The van der Waals surface area contributed by atoms with Crippen molar-refractivity contribution in [3.05, 3.63) is 24.3 Å². The van der Waals surface area contributed by atoms with E-state index in [9.17, 15) is 19.8 Å². The van der Waals surface area contributed by atoms with Crippen molar-refractivity contribution in [1.82, 2.24) is 5.32 Å². The van der Waals surface area contributed by atoms with Gasteiger partial charge in [0.1, 0.15) is 0 Å². The molecule has 0 aromatic rings. The van der Waals surface area contributed by atoms with Crippen molar-refractivity contribution in [3.8, 4) is 0 Å². The fourth-order valence-corrected chi connectivity index (χ4v) is 9.22. The van der Waals surface area contributed by atoms with Crippen LogP contribution in [0.25, 0.3) is 0 Å². The number of esters is 1. The predicted octanol–water partition coefficient (Wildman–Crippen LogP) is 18.2. The van der Waals surface area contributed by atoms with Gasteiger partial charge < -0.3 is 20.3 Å². The van der Waals surface area contributed by atoms with Gasteiger partial charge in [0.25, 0.3) is 0 Å². The number of carbonyl (C=O) groups excluding carboxylic acids is 2. The predicted molar refractivity (Wildman–Crippen MR) is 287 cm³/mol. The van der Waals surface area contributed by atoms with E-state index in [-0.39, 0.29) is 18.5 Å². The SMILES string of the molecule is CCCCCCCCCCCCCCCCCCCCCCCC(O)C(CO)NC(=O)CCCCCCCC/C=C\C=C/CCCCCOC(=O)CCCCCCCCCCCCCCC. The Morgan fingerprint density at radius 3 is 1.12 bits per heavy atom. The lowest BCUT2D eigenvalue weighted by atomic mass is 10.0. The Morgan fingerprint density at radius 2 is 0.742 bits per heavy atom. The van der Waals surface area contributed by atoms with Crippen LogP contribution in [0.1, 0.15) is 322 Å². The first-order valence-electron chi connectivity index (χ1n) is 29.6. The summed E-state index contributed by atoms with van der Waals surface area (Å²) in [5.41, 5.74) is 0. The monoisotopic (exact) mass is 930 g/mol. The number of hydrogen-bond donors (Lipinski definition) is 3. The van der Waals surface area contributed by atoms with Gasteiger partial charge in [0.15, 0.2) is 0 Å². The Bertz CT molecular complexity index is 1030. The highest BCUT2D eigenvalue weighted by molar-refractivity contribution is 5.76. The van der Waals surface area contributed by atoms with Crippen LogP contribution < -0.4 is 5.32 Å². The van der Waals surface area contributed by atoms with Gasteiger partial charge in [-0.05, 0) is 57.8 Å². The highest BCUT2D eigenvalue weighted by Gasteiger charge is 2.20. The molecule has 0 aromatic heterocycles. The van der Waals surface area contributed by atoms with Gasteiger partial charge in [-0.1, -0.05) is 276 Å². The van der Waals surface area contributed by atoms with E-state index >= 15 is 0 Å². The van der Waals surface area contributed by atoms with E-state index in [1.807, 2.05) is 0 Å². The van der Waals surface area contributed by atoms with Crippen LogP contribution in [-0.2, 0) is 14.3 Å². The molecular weight excluding hydrogens is 815 g/mol. The van der Waals surface area contributed by atoms with Crippen LogP contribution in [0, 0.1) is 0 Å². The van der Waals surface area contributed by atoms with Crippen LogP contribution in [0.5, 0.6) is 0 Å². The molecule has 6 nitrogen and oxygen atoms in total. The lowest BCUT2D eigenvalue weighted by Crippen LogP contribution is -2.45. The van der Waals surface area contributed by atoms with Crippen molar-refractivity contribution in [2.24, 2.45) is 0 Å². The van der Waals surface area contributed by atoms with E-state index in [0.717, 1.165) is 77.0 Å². The van der Waals surface area contributed by atoms with Gasteiger partial charge in [-0.15, -0.1) is 0 Å². The number of aliphatic hydroxyl groups excluding tert-OH is 2. The zero-order valence-electron chi connectivity index (χ0n) is 44.4. The van der Waals surface area contributed by atoms with E-state index in [4.69, 9.17) is 4.74 Å². The fraction of sp³-hybridized carbons (Fsp3) is 0.900. The fourth-order valence-electron chi connectivity index (χ4n) is 9.22. The lowest BCUT2D eigenvalue weighted by molar-refractivity contribution is -0.143. The van der Waals surface area contributed by atoms with Crippen LogP contribution in [0.4, 0.5) is 0 Å². The molecule has 0 bridgehead atoms. The molecule has 0 saturated heterocycles. The molecule has 1 amide bonds. The Kier molecular flexibility index (Phi) is 54.5. The highest BCUT2D eigenvalue weighted by Crippen LogP contribution is 2.17. The van der Waals surface area contributed by atoms with E-state index in [1.165, 1.54) is 212 Å². The molecular formula is C60H115NO5. The number of aliphatic hydroxyl groups is 2. The Hall–Kier alpha value is -1.66. The summed E-state index contributed by atoms with van der Waals surface area (Å²) in [6, 6.07) is -0.558. The maximum atomic E-state index is 12.5. The van der Waals surface area contributed by atoms with E-state index in [1.54, 1.807) is 0 Å². The van der Waals surface area contributed by atoms with Gasteiger partial charge in [0.05, 0.1) is 25.4 Å². The number of amides is 1. The van der Waals surface area contributed by atoms with E-state index in [2.05, 4.69) is 43.5 Å². The van der Waals surface area contributed by atoms with E-state index in [0.29, 0.717) is 25.9 Å². The molecule has 0 aliphatic rings. The number of carbonyl (C=O) groups is 2. The average molecular weight is 931 g/mol. The minimum atomic E-state index is -0.679. The number of allylic oxidation sites excluding steroid dienone is 4. The van der Waals surface area contributed by atoms with Gasteiger partial charge in [-0.3, -0.25) is 9.59 Å². The summed E-state index contributed by atoms with van der Waals surface area (Å²) in [6.45, 7) is 4.92. The van der Waals surface area contributed by atoms with Crippen molar-refractivity contribution in [1.29, 1.82) is 0 Å². The normalized spacial score (nSPS) is 12.7. The Labute approximate surface area is 411 Å². The highest BCUT2D eigenvalue weighted by atomic mass is 16.5. The Morgan fingerprint density at radius 1 is 0.424 bits per heavy atom. The van der Waals surface area contributed by atoms with Crippen molar-refractivity contribution in [2.45, 2.75) is 334 Å². The molecule has 0 saturated carbocycles. The van der Waals surface area contributed by atoms with Crippen LogP contribution >= 0.6 is 0 Å². The summed E-state index contributed by atoms with van der Waals surface area (Å²) in [5.74, 6) is -0.0740. The molecule has 0 aromatic carbocycles. The van der Waals surface area contributed by atoms with Crippen LogP contribution in [0.3, 0.4) is 0 Å². The third-order valence-electron chi connectivity index (χ3n) is 13.8. The van der Waals surface area contributed by atoms with Gasteiger partial charge in [0, 0.05) is 12.8 Å². The minimum Gasteiger partial charge on any atom is -0.466 e. The largest absolute Gasteiger partial charge is 0.466 e. The minimum absolute atomic E-state index is 0.0195. The number of ether oxygens (including phenoxy) is 1. The molecule has 66 heavy (non-hydrogen) atoms. The number of unbranched alkanes of at least 4 members (excludes halogenated alkanes) is 41. The molecule has 0 radical (unpaired) electrons. The van der Waals surface area contributed by atoms with Crippen molar-refractivity contribution >= 4 is 11.9 Å². The third-order valence-corrected chi connectivity index (χ3v) is 13.8. The maximum absolute atomic E-state index is 12.5. The van der Waals surface area contributed by atoms with Crippen molar-refractivity contribution < 1.29 is 24.5 Å². The summed E-state index contributed by atoms with van der Waals surface area (Å²) in [6.07, 6.45) is 67.4. The summed E-state index contributed by atoms with van der Waals surface area (Å²) in [5, 5.41) is 23.3. The zero-order valence-corrected chi connectivity index (χ0v) is 44.4. The molecule has 2 unspecified atom stereocenters. The molecule has 0 aliphatic carbocycles. The Balaban J connectivity index is 3.51. The molecule has 2 atom stereocenters. The number of nitrogens with one attached hydrogen (secondary N) is 1. The molecule has 0 rings (SSSR count). The molecule has 6 heteroatoms. The van der Waals surface area contributed by atoms with Gasteiger partial charge in [-0.2, -0.15) is 0 Å². The molecule has 0 aliphatic heterocycles. The standard InChI is InChI=1S/C60H115NO5/c1-3-5-7-9-11-13-15-17-18-19-20-21-22-23-25-29-32-36-40-44-48-52-58(63)57(56-62)61-59(64)53-49-45-41-37-33-30-26-24-27-31-35-39-43-47-51-55-66-60(65)54-50-46-42-38-34-28-16-14-12-10-8-6-4-2/h24,27,31,35,57-58,62-63H,3-23,25-26,28-30,32-34,36-56H2,1-2H3,(H,61,64)/b27-24-,35-31-. The first kappa shape index (κ1) is 64.3. The summed E-state index contributed by atoms with van der Waals surface area (Å²) >= 11 is 0. The van der Waals surface area contributed by atoms with Gasteiger partial charge in [0.2, 0.25) is 5.91 Å². The molecule has 0 heterocycles. The summed E-state index contributed by atoms with van der Waals surface area (Å²) < 4.78 is 5.44. The zero-order chi connectivity index (χ0) is 47.9. The summed E-state index contributed by atoms with van der Waals surface area (Å²) in [4.78, 5) is 24.5. The number of hydrogen-bond acceptors (Lipinski definition) is 5. The van der Waals surface area contributed by atoms with Crippen molar-refractivity contribution in [3.63, 3.8) is 0 Å². The average Bonchev–Trinajstić information content (AvgIpc) is 3.32. The summed E-state index contributed by atoms with van der Waals surface area (Å²) in [7, 11) is 0. The topological polar surface area (TPSA) is 95.9 Å². The number of rotatable bonds is 55. The van der Waals surface area contributed by atoms with Gasteiger partial charge >= 0.3 is 5.97 Å². The van der Waals surface area contributed by atoms with Crippen LogP contribution in [0.2, 0.25) is 0 Å². The smallest absolute Gasteiger partial charge is 0.305 e. The van der Waals surface area contributed by atoms with Crippen molar-refractivity contribution in [2.75, 3.05) is 13.2 Å². The van der Waals surface area contributed by atoms with Gasteiger partial charge in [-0.25, -0.2) is 0 Å². The second-order valence-corrected chi connectivity index (χ2v) is 20.4. The first-order chi connectivity index (χ1) is 32.5. The maximum Gasteiger partial charge on any atom is 0.305 e. The molecule has 390 valence electrons. The molecule has 0 fully saturated rings. The third kappa shape index (κ3) is 51.7. The van der Waals surface area contributed by atoms with Crippen LogP contribution in [-0.4, -0.2) is 47.4 Å². The second kappa shape index (κ2) is 55.9. The van der Waals surface area contributed by atoms with Crippen LogP contribution in [0.15, 0.2) is 24.3 Å². The molecule has 0 spiro atoms. The lowest BCUT2D eigenvalue weighted by Gasteiger charge is -2.22. The van der Waals surface area contributed by atoms with E-state index < -0.39 is 12.1 Å². The first-order valence-corrected chi connectivity index (χ1v) is 29.6.